The van der Waals surface area contributed by atoms with Crippen molar-refractivity contribution in [2.45, 2.75) is 19.4 Å². The fourth-order valence-corrected chi connectivity index (χ4v) is 1.43. The van der Waals surface area contributed by atoms with Gasteiger partial charge in [0.15, 0.2) is 6.10 Å². The molecule has 0 aliphatic carbocycles. The number of carbonyl (C=O) groups excluding carboxylic acids is 1. The number of benzene rings is 1. The van der Waals surface area contributed by atoms with Crippen LogP contribution in [0.1, 0.15) is 23.7 Å². The second kappa shape index (κ2) is 5.54. The summed E-state index contributed by atoms with van der Waals surface area (Å²) in [6, 6.07) is 4.09. The van der Waals surface area contributed by atoms with E-state index in [1.807, 2.05) is 0 Å². The van der Waals surface area contributed by atoms with Gasteiger partial charge in [-0.3, -0.25) is 4.79 Å². The van der Waals surface area contributed by atoms with Gasteiger partial charge in [0.25, 0.3) is 5.91 Å². The molecule has 0 spiro atoms. The number of nitrogens with two attached hydrogens (primary N) is 1. The fraction of sp³-hybridized carbons (Fsp3) is 0.273. The number of hydrogen-bond acceptors (Lipinski definition) is 3. The summed E-state index contributed by atoms with van der Waals surface area (Å²) in [6.07, 6.45) is -0.521. The molecule has 0 aliphatic rings. The Labute approximate surface area is 103 Å². The summed E-state index contributed by atoms with van der Waals surface area (Å²) in [4.78, 5) is 22.0. The summed E-state index contributed by atoms with van der Waals surface area (Å²) >= 11 is 5.74. The molecule has 1 aromatic rings. The third-order valence-corrected chi connectivity index (χ3v) is 2.37. The predicted octanol–water partition coefficient (Wildman–Crippen LogP) is 1.68. The highest BCUT2D eigenvalue weighted by Gasteiger charge is 2.19. The van der Waals surface area contributed by atoms with E-state index in [-0.39, 0.29) is 11.3 Å². The minimum Gasteiger partial charge on any atom is -0.480 e. The summed E-state index contributed by atoms with van der Waals surface area (Å²) in [5, 5.41) is 9.26. The van der Waals surface area contributed by atoms with Crippen molar-refractivity contribution in [1.29, 1.82) is 0 Å². The van der Waals surface area contributed by atoms with E-state index in [0.29, 0.717) is 11.4 Å². The lowest BCUT2D eigenvalue weighted by Gasteiger charge is -2.15. The first kappa shape index (κ1) is 13.3. The molecule has 1 atom stereocenters. The van der Waals surface area contributed by atoms with Crippen LogP contribution in [0.3, 0.4) is 0 Å². The molecular formula is C11H12ClNO4. The number of amides is 1. The van der Waals surface area contributed by atoms with Crippen LogP contribution in [0.2, 0.25) is 5.02 Å². The van der Waals surface area contributed by atoms with Gasteiger partial charge in [-0.2, -0.15) is 0 Å². The van der Waals surface area contributed by atoms with Crippen molar-refractivity contribution in [3.8, 4) is 5.75 Å². The maximum atomic E-state index is 11.0. The van der Waals surface area contributed by atoms with Crippen molar-refractivity contribution in [2.24, 2.45) is 5.73 Å². The van der Waals surface area contributed by atoms with Gasteiger partial charge in [-0.25, -0.2) is 4.79 Å². The highest BCUT2D eigenvalue weighted by atomic mass is 35.5. The maximum absolute atomic E-state index is 11.0. The third-order valence-electron chi connectivity index (χ3n) is 2.13. The van der Waals surface area contributed by atoms with Crippen LogP contribution in [-0.2, 0) is 4.79 Å². The Hall–Kier alpha value is -1.75. The molecule has 0 radical (unpaired) electrons. The number of carboxylic acids is 1. The van der Waals surface area contributed by atoms with Gasteiger partial charge in [-0.15, -0.1) is 0 Å². The molecule has 0 aliphatic heterocycles. The Balaban J connectivity index is 3.07. The van der Waals surface area contributed by atoms with Crippen LogP contribution in [0, 0.1) is 0 Å². The molecular weight excluding hydrogens is 246 g/mol. The summed E-state index contributed by atoms with van der Waals surface area (Å²) < 4.78 is 5.26. The van der Waals surface area contributed by atoms with E-state index in [1.54, 1.807) is 6.92 Å². The molecule has 6 heteroatoms. The SMILES string of the molecule is CCC(Oc1cc(Cl)ccc1C(=O)O)C(N)=O. The summed E-state index contributed by atoms with van der Waals surface area (Å²) in [5.41, 5.74) is 5.05. The molecule has 3 N–H and O–H groups in total. The van der Waals surface area contributed by atoms with Crippen molar-refractivity contribution in [1.82, 2.24) is 0 Å². The topological polar surface area (TPSA) is 89.6 Å². The Morgan fingerprint density at radius 2 is 2.18 bits per heavy atom. The Kier molecular flexibility index (Phi) is 4.34. The van der Waals surface area contributed by atoms with Crippen molar-refractivity contribution >= 4 is 23.5 Å². The molecule has 0 aromatic heterocycles. The van der Waals surface area contributed by atoms with Gasteiger partial charge in [0, 0.05) is 5.02 Å². The number of carboxylic acid groups (broad SMARTS) is 1. The molecule has 17 heavy (non-hydrogen) atoms. The molecule has 1 unspecified atom stereocenters. The highest BCUT2D eigenvalue weighted by Crippen LogP contribution is 2.25. The zero-order valence-electron chi connectivity index (χ0n) is 9.14. The molecule has 92 valence electrons. The normalized spacial score (nSPS) is 11.9. The zero-order valence-corrected chi connectivity index (χ0v) is 9.90. The average molecular weight is 258 g/mol. The van der Waals surface area contributed by atoms with Gasteiger partial charge >= 0.3 is 5.97 Å². The monoisotopic (exact) mass is 257 g/mol. The van der Waals surface area contributed by atoms with Crippen molar-refractivity contribution in [3.05, 3.63) is 28.8 Å². The summed E-state index contributed by atoms with van der Waals surface area (Å²) in [6.45, 7) is 1.71. The number of rotatable bonds is 5. The highest BCUT2D eigenvalue weighted by molar-refractivity contribution is 6.30. The van der Waals surface area contributed by atoms with E-state index in [4.69, 9.17) is 27.2 Å². The van der Waals surface area contributed by atoms with E-state index in [1.165, 1.54) is 18.2 Å². The number of ether oxygens (including phenoxy) is 1. The van der Waals surface area contributed by atoms with Crippen LogP contribution >= 0.6 is 11.6 Å². The number of carbonyl (C=O) groups is 2. The van der Waals surface area contributed by atoms with Gasteiger partial charge in [-0.05, 0) is 24.6 Å². The first-order chi connectivity index (χ1) is 7.95. The number of halogens is 1. The van der Waals surface area contributed by atoms with Crippen molar-refractivity contribution in [2.75, 3.05) is 0 Å². The second-order valence-electron chi connectivity index (χ2n) is 3.36. The van der Waals surface area contributed by atoms with Gasteiger partial charge in [0.2, 0.25) is 0 Å². The Bertz CT molecular complexity index is 447. The first-order valence-electron chi connectivity index (χ1n) is 4.94. The van der Waals surface area contributed by atoms with E-state index in [2.05, 4.69) is 0 Å². The van der Waals surface area contributed by atoms with Gasteiger partial charge < -0.3 is 15.6 Å². The lowest BCUT2D eigenvalue weighted by atomic mass is 10.2. The van der Waals surface area contributed by atoms with Gasteiger partial charge in [0.1, 0.15) is 11.3 Å². The van der Waals surface area contributed by atoms with Crippen LogP contribution in [0.5, 0.6) is 5.75 Å². The number of aromatic carboxylic acids is 1. The fourth-order valence-electron chi connectivity index (χ4n) is 1.27. The molecule has 0 bridgehead atoms. The second-order valence-corrected chi connectivity index (χ2v) is 3.80. The standard InChI is InChI=1S/C11H12ClNO4/c1-2-8(10(13)14)17-9-5-6(12)3-4-7(9)11(15)16/h3-5,8H,2H2,1H3,(H2,13,14)(H,15,16). The lowest BCUT2D eigenvalue weighted by molar-refractivity contribution is -0.124. The third kappa shape index (κ3) is 3.35. The largest absolute Gasteiger partial charge is 0.480 e. The quantitative estimate of drug-likeness (QED) is 0.840. The first-order valence-corrected chi connectivity index (χ1v) is 5.32. The minimum absolute atomic E-state index is 0.0376. The minimum atomic E-state index is -1.16. The van der Waals surface area contributed by atoms with Crippen LogP contribution in [0.25, 0.3) is 0 Å². The molecule has 1 rings (SSSR count). The number of hydrogen-bond donors (Lipinski definition) is 2. The van der Waals surface area contributed by atoms with Crippen LogP contribution < -0.4 is 10.5 Å². The lowest BCUT2D eigenvalue weighted by Crippen LogP contribution is -2.33. The summed E-state index contributed by atoms with van der Waals surface area (Å²) in [5.74, 6) is -1.77. The van der Waals surface area contributed by atoms with Crippen molar-refractivity contribution in [3.63, 3.8) is 0 Å². The average Bonchev–Trinajstić information content (AvgIpc) is 2.25. The molecule has 5 nitrogen and oxygen atoms in total. The Morgan fingerprint density at radius 3 is 2.65 bits per heavy atom. The maximum Gasteiger partial charge on any atom is 0.339 e. The molecule has 0 saturated heterocycles. The summed E-state index contributed by atoms with van der Waals surface area (Å²) in [7, 11) is 0. The molecule has 0 fully saturated rings. The molecule has 0 saturated carbocycles. The molecule has 1 amide bonds. The van der Waals surface area contributed by atoms with Gasteiger partial charge in [0.05, 0.1) is 0 Å². The Morgan fingerprint density at radius 1 is 1.53 bits per heavy atom. The molecule has 1 aromatic carbocycles. The van der Waals surface area contributed by atoms with E-state index in [9.17, 15) is 9.59 Å². The smallest absolute Gasteiger partial charge is 0.339 e. The van der Waals surface area contributed by atoms with E-state index < -0.39 is 18.0 Å². The van der Waals surface area contributed by atoms with Crippen LogP contribution in [0.15, 0.2) is 18.2 Å². The van der Waals surface area contributed by atoms with E-state index >= 15 is 0 Å². The predicted molar refractivity (Wildman–Crippen MR) is 62.3 cm³/mol. The van der Waals surface area contributed by atoms with Gasteiger partial charge in [-0.1, -0.05) is 18.5 Å². The zero-order chi connectivity index (χ0) is 13.0. The van der Waals surface area contributed by atoms with Crippen LogP contribution in [0.4, 0.5) is 0 Å². The van der Waals surface area contributed by atoms with Crippen LogP contribution in [-0.4, -0.2) is 23.1 Å². The van der Waals surface area contributed by atoms with Crippen molar-refractivity contribution < 1.29 is 19.4 Å². The number of primary amides is 1. The molecule has 0 heterocycles. The van der Waals surface area contributed by atoms with E-state index in [0.717, 1.165) is 0 Å².